The average molecular weight is 431 g/mol. The minimum atomic E-state index is -0.425. The van der Waals surface area contributed by atoms with Gasteiger partial charge in [-0.3, -0.25) is 10.1 Å². The highest BCUT2D eigenvalue weighted by Gasteiger charge is 2.06. The molecule has 0 aliphatic heterocycles. The number of rotatable bonds is 7. The van der Waals surface area contributed by atoms with Crippen molar-refractivity contribution in [1.82, 2.24) is 0 Å². The molecule has 0 aliphatic carbocycles. The van der Waals surface area contributed by atoms with Crippen LogP contribution < -0.4 is 10.1 Å². The van der Waals surface area contributed by atoms with Gasteiger partial charge in [-0.2, -0.15) is 0 Å². The molecule has 0 unspecified atom stereocenters. The molecule has 138 valence electrons. The summed E-state index contributed by atoms with van der Waals surface area (Å²) in [5.74, 6) is 0.420. The molecule has 0 saturated carbocycles. The van der Waals surface area contributed by atoms with Gasteiger partial charge in [-0.05, 0) is 63.5 Å². The van der Waals surface area contributed by atoms with Crippen LogP contribution in [0, 0.1) is 15.9 Å². The number of non-ortho nitro benzene ring substituents is 1. The van der Waals surface area contributed by atoms with Crippen molar-refractivity contribution in [3.8, 4) is 5.75 Å². The van der Waals surface area contributed by atoms with E-state index in [0.717, 1.165) is 21.3 Å². The lowest BCUT2D eigenvalue weighted by molar-refractivity contribution is -0.384. The van der Waals surface area contributed by atoms with Gasteiger partial charge in [-0.25, -0.2) is 4.39 Å². The zero-order valence-corrected chi connectivity index (χ0v) is 15.8. The molecule has 0 fully saturated rings. The summed E-state index contributed by atoms with van der Waals surface area (Å²) in [7, 11) is 0. The van der Waals surface area contributed by atoms with Gasteiger partial charge in [0.25, 0.3) is 5.69 Å². The maximum Gasteiger partial charge on any atom is 0.269 e. The third kappa shape index (κ3) is 5.27. The first-order valence-corrected chi connectivity index (χ1v) is 8.94. The molecule has 7 heteroatoms. The molecule has 0 saturated heterocycles. The highest BCUT2D eigenvalue weighted by atomic mass is 79.9. The lowest BCUT2D eigenvalue weighted by atomic mass is 10.2. The summed E-state index contributed by atoms with van der Waals surface area (Å²) in [6, 6.07) is 18.2. The van der Waals surface area contributed by atoms with Gasteiger partial charge in [-0.1, -0.05) is 18.2 Å². The van der Waals surface area contributed by atoms with E-state index < -0.39 is 4.92 Å². The van der Waals surface area contributed by atoms with Crippen molar-refractivity contribution < 1.29 is 14.1 Å². The fourth-order valence-corrected chi connectivity index (χ4v) is 2.96. The second-order valence-corrected chi connectivity index (χ2v) is 6.69. The van der Waals surface area contributed by atoms with Crippen LogP contribution in [0.4, 0.5) is 15.8 Å². The minimum Gasteiger partial charge on any atom is -0.488 e. The largest absolute Gasteiger partial charge is 0.488 e. The van der Waals surface area contributed by atoms with Gasteiger partial charge >= 0.3 is 0 Å². The van der Waals surface area contributed by atoms with E-state index in [4.69, 9.17) is 4.74 Å². The van der Waals surface area contributed by atoms with Crippen molar-refractivity contribution in [2.75, 3.05) is 5.32 Å². The van der Waals surface area contributed by atoms with Crippen molar-refractivity contribution >= 4 is 27.3 Å². The predicted octanol–water partition coefficient (Wildman–Crippen LogP) is 5.69. The molecule has 0 bridgehead atoms. The molecular formula is C20H16BrFN2O3. The maximum atomic E-state index is 12.9. The Kier molecular flexibility index (Phi) is 6.03. The SMILES string of the molecule is O=[N+]([O-])c1ccc(NCc2ccc(OCc3ccc(F)cc3)c(Br)c2)cc1. The quantitative estimate of drug-likeness (QED) is 0.386. The van der Waals surface area contributed by atoms with Crippen LogP contribution in [-0.4, -0.2) is 4.92 Å². The topological polar surface area (TPSA) is 64.4 Å². The molecule has 0 atom stereocenters. The van der Waals surface area contributed by atoms with Crippen molar-refractivity contribution in [1.29, 1.82) is 0 Å². The normalized spacial score (nSPS) is 10.4. The molecule has 3 aromatic carbocycles. The van der Waals surface area contributed by atoms with Crippen LogP contribution in [-0.2, 0) is 13.2 Å². The Labute approximate surface area is 164 Å². The van der Waals surface area contributed by atoms with E-state index in [1.165, 1.54) is 24.3 Å². The molecule has 0 aliphatic rings. The number of anilines is 1. The highest BCUT2D eigenvalue weighted by Crippen LogP contribution is 2.27. The standard InChI is InChI=1S/C20H16BrFN2O3/c21-19-11-15(12-23-17-6-8-18(9-7-17)24(25)26)3-10-20(19)27-13-14-1-4-16(22)5-2-14/h1-11,23H,12-13H2. The zero-order valence-electron chi connectivity index (χ0n) is 14.2. The Morgan fingerprint density at radius 2 is 1.67 bits per heavy atom. The number of nitrogens with one attached hydrogen (secondary N) is 1. The fraction of sp³-hybridized carbons (Fsp3) is 0.100. The number of nitrogens with zero attached hydrogens (tertiary/aromatic N) is 1. The van der Waals surface area contributed by atoms with Crippen LogP contribution in [0.3, 0.4) is 0 Å². The molecule has 0 amide bonds. The monoisotopic (exact) mass is 430 g/mol. The molecule has 0 heterocycles. The Morgan fingerprint density at radius 1 is 1.00 bits per heavy atom. The lowest BCUT2D eigenvalue weighted by Crippen LogP contribution is -2.01. The van der Waals surface area contributed by atoms with Crippen LogP contribution in [0.2, 0.25) is 0 Å². The average Bonchev–Trinajstić information content (AvgIpc) is 2.67. The van der Waals surface area contributed by atoms with Crippen molar-refractivity contribution in [3.05, 3.63) is 98.3 Å². The van der Waals surface area contributed by atoms with Gasteiger partial charge in [0.2, 0.25) is 0 Å². The first kappa shape index (κ1) is 18.8. The van der Waals surface area contributed by atoms with Crippen LogP contribution in [0.5, 0.6) is 5.75 Å². The second kappa shape index (κ2) is 8.64. The molecule has 1 N–H and O–H groups in total. The van der Waals surface area contributed by atoms with E-state index in [0.29, 0.717) is 18.9 Å². The Hall–Kier alpha value is -2.93. The van der Waals surface area contributed by atoms with Crippen LogP contribution in [0.25, 0.3) is 0 Å². The summed E-state index contributed by atoms with van der Waals surface area (Å²) in [4.78, 5) is 10.2. The van der Waals surface area contributed by atoms with E-state index in [9.17, 15) is 14.5 Å². The molecule has 3 aromatic rings. The van der Waals surface area contributed by atoms with Gasteiger partial charge < -0.3 is 10.1 Å². The van der Waals surface area contributed by atoms with Crippen LogP contribution >= 0.6 is 15.9 Å². The number of benzene rings is 3. The van der Waals surface area contributed by atoms with Crippen LogP contribution in [0.15, 0.2) is 71.2 Å². The first-order chi connectivity index (χ1) is 13.0. The first-order valence-electron chi connectivity index (χ1n) is 8.15. The second-order valence-electron chi connectivity index (χ2n) is 5.84. The van der Waals surface area contributed by atoms with E-state index in [1.807, 2.05) is 18.2 Å². The third-order valence-electron chi connectivity index (χ3n) is 3.88. The number of nitro groups is 1. The van der Waals surface area contributed by atoms with E-state index in [-0.39, 0.29) is 11.5 Å². The van der Waals surface area contributed by atoms with Crippen LogP contribution in [0.1, 0.15) is 11.1 Å². The van der Waals surface area contributed by atoms with Crippen molar-refractivity contribution in [2.24, 2.45) is 0 Å². The molecule has 27 heavy (non-hydrogen) atoms. The van der Waals surface area contributed by atoms with Gasteiger partial charge in [0.15, 0.2) is 0 Å². The van der Waals surface area contributed by atoms with E-state index >= 15 is 0 Å². The summed E-state index contributed by atoms with van der Waals surface area (Å²) in [6.07, 6.45) is 0. The Bertz CT molecular complexity index is 931. The molecule has 0 aromatic heterocycles. The molecule has 5 nitrogen and oxygen atoms in total. The lowest BCUT2D eigenvalue weighted by Gasteiger charge is -2.11. The summed E-state index contributed by atoms with van der Waals surface area (Å²) >= 11 is 3.50. The maximum absolute atomic E-state index is 12.9. The van der Waals surface area contributed by atoms with Gasteiger partial charge in [0.05, 0.1) is 9.40 Å². The summed E-state index contributed by atoms with van der Waals surface area (Å²) in [5.41, 5.74) is 2.76. The minimum absolute atomic E-state index is 0.0611. The highest BCUT2D eigenvalue weighted by molar-refractivity contribution is 9.10. The summed E-state index contributed by atoms with van der Waals surface area (Å²) in [6.45, 7) is 0.911. The van der Waals surface area contributed by atoms with E-state index in [2.05, 4.69) is 21.2 Å². The number of hydrogen-bond acceptors (Lipinski definition) is 4. The van der Waals surface area contributed by atoms with Crippen molar-refractivity contribution in [3.63, 3.8) is 0 Å². The smallest absolute Gasteiger partial charge is 0.269 e. The number of nitro benzene ring substituents is 1. The van der Waals surface area contributed by atoms with Crippen molar-refractivity contribution in [2.45, 2.75) is 13.2 Å². The molecule has 0 spiro atoms. The van der Waals surface area contributed by atoms with Gasteiger partial charge in [-0.15, -0.1) is 0 Å². The summed E-state index contributed by atoms with van der Waals surface area (Å²) in [5, 5.41) is 13.9. The summed E-state index contributed by atoms with van der Waals surface area (Å²) < 4.78 is 19.5. The molecular weight excluding hydrogens is 415 g/mol. The number of ether oxygens (including phenoxy) is 1. The van der Waals surface area contributed by atoms with Gasteiger partial charge in [0, 0.05) is 24.4 Å². The fourth-order valence-electron chi connectivity index (χ4n) is 2.42. The Balaban J connectivity index is 1.57. The van der Waals surface area contributed by atoms with E-state index in [1.54, 1.807) is 24.3 Å². The number of halogens is 2. The Morgan fingerprint density at radius 3 is 2.30 bits per heavy atom. The number of hydrogen-bond donors (Lipinski definition) is 1. The molecule has 0 radical (unpaired) electrons. The zero-order chi connectivity index (χ0) is 19.2. The predicted molar refractivity (Wildman–Crippen MR) is 105 cm³/mol. The van der Waals surface area contributed by atoms with Gasteiger partial charge in [0.1, 0.15) is 18.2 Å². The third-order valence-corrected chi connectivity index (χ3v) is 4.50. The molecule has 3 rings (SSSR count).